The number of aliphatic hydroxyl groups is 1. The summed E-state index contributed by atoms with van der Waals surface area (Å²) in [6, 6.07) is 1.14. The number of hydrogen-bond donors (Lipinski definition) is 1. The summed E-state index contributed by atoms with van der Waals surface area (Å²) in [5, 5.41) is 16.5. The van der Waals surface area contributed by atoms with Gasteiger partial charge in [0.25, 0.3) is 0 Å². The highest BCUT2D eigenvalue weighted by Gasteiger charge is 2.12. The maximum Gasteiger partial charge on any atom is 0.141 e. The molecule has 0 amide bonds. The number of aromatic nitrogens is 3. The first-order valence-electron chi connectivity index (χ1n) is 5.09. The standard InChI is InChI=1S/C9H19N3O2Si/c1-15(2,3)5-4-14-8-12-9(7-13)6-10-11-12/h6,13H,4-5,7-8H2,1-3H3. The fraction of sp³-hybridized carbons (Fsp3) is 0.778. The smallest absolute Gasteiger partial charge is 0.141 e. The first-order valence-corrected chi connectivity index (χ1v) is 8.79. The predicted octanol–water partition coefficient (Wildman–Crippen LogP) is 1.08. The largest absolute Gasteiger partial charge is 0.390 e. The van der Waals surface area contributed by atoms with Gasteiger partial charge in [0.15, 0.2) is 0 Å². The van der Waals surface area contributed by atoms with Gasteiger partial charge < -0.3 is 9.84 Å². The van der Waals surface area contributed by atoms with Crippen LogP contribution >= 0.6 is 0 Å². The van der Waals surface area contributed by atoms with Gasteiger partial charge in [-0.25, -0.2) is 4.68 Å². The van der Waals surface area contributed by atoms with Gasteiger partial charge in [-0.3, -0.25) is 0 Å². The van der Waals surface area contributed by atoms with Crippen molar-refractivity contribution in [2.75, 3.05) is 6.61 Å². The zero-order valence-electron chi connectivity index (χ0n) is 9.60. The normalized spacial score (nSPS) is 12.0. The van der Waals surface area contributed by atoms with E-state index in [0.29, 0.717) is 12.4 Å². The van der Waals surface area contributed by atoms with Gasteiger partial charge in [-0.15, -0.1) is 5.10 Å². The Balaban J connectivity index is 2.26. The fourth-order valence-electron chi connectivity index (χ4n) is 1.04. The van der Waals surface area contributed by atoms with E-state index in [1.165, 1.54) is 0 Å². The summed E-state index contributed by atoms with van der Waals surface area (Å²) in [6.07, 6.45) is 1.54. The van der Waals surface area contributed by atoms with Crippen LogP contribution in [0.1, 0.15) is 5.69 Å². The van der Waals surface area contributed by atoms with E-state index < -0.39 is 8.07 Å². The number of rotatable bonds is 6. The Hall–Kier alpha value is -0.723. The Labute approximate surface area is 91.1 Å². The van der Waals surface area contributed by atoms with Crippen molar-refractivity contribution in [1.82, 2.24) is 15.0 Å². The van der Waals surface area contributed by atoms with E-state index in [9.17, 15) is 0 Å². The molecule has 15 heavy (non-hydrogen) atoms. The number of ether oxygens (including phenoxy) is 1. The van der Waals surface area contributed by atoms with E-state index in [4.69, 9.17) is 9.84 Å². The molecule has 1 rings (SSSR count). The minimum absolute atomic E-state index is 0.0512. The Kier molecular flexibility index (Phi) is 4.43. The van der Waals surface area contributed by atoms with Crippen LogP contribution in [-0.4, -0.2) is 34.8 Å². The molecule has 86 valence electrons. The Morgan fingerprint density at radius 3 is 2.80 bits per heavy atom. The van der Waals surface area contributed by atoms with Crippen molar-refractivity contribution in [2.45, 2.75) is 39.0 Å². The van der Waals surface area contributed by atoms with Crippen molar-refractivity contribution < 1.29 is 9.84 Å². The molecule has 0 fully saturated rings. The van der Waals surface area contributed by atoms with E-state index in [2.05, 4.69) is 30.0 Å². The van der Waals surface area contributed by atoms with Gasteiger partial charge in [-0.05, 0) is 6.04 Å². The molecule has 0 saturated heterocycles. The second-order valence-electron chi connectivity index (χ2n) is 4.73. The molecule has 1 aromatic rings. The zero-order valence-corrected chi connectivity index (χ0v) is 10.6. The van der Waals surface area contributed by atoms with Gasteiger partial charge >= 0.3 is 0 Å². The molecule has 0 aliphatic carbocycles. The quantitative estimate of drug-likeness (QED) is 0.586. The molecule has 0 saturated carbocycles. The molecule has 0 unspecified atom stereocenters. The Morgan fingerprint density at radius 1 is 1.47 bits per heavy atom. The van der Waals surface area contributed by atoms with Crippen molar-refractivity contribution in [3.63, 3.8) is 0 Å². The lowest BCUT2D eigenvalue weighted by Crippen LogP contribution is -2.22. The molecular weight excluding hydrogens is 210 g/mol. The van der Waals surface area contributed by atoms with Crippen molar-refractivity contribution in [3.8, 4) is 0 Å². The highest BCUT2D eigenvalue weighted by Crippen LogP contribution is 2.07. The summed E-state index contributed by atoms with van der Waals surface area (Å²) in [7, 11) is -1.02. The maximum absolute atomic E-state index is 8.94. The molecular formula is C9H19N3O2Si. The first-order chi connectivity index (χ1) is 7.03. The summed E-state index contributed by atoms with van der Waals surface area (Å²) in [4.78, 5) is 0. The molecule has 5 nitrogen and oxygen atoms in total. The average molecular weight is 229 g/mol. The Morgan fingerprint density at radius 2 is 2.20 bits per heavy atom. The summed E-state index contributed by atoms with van der Waals surface area (Å²) < 4.78 is 7.05. The zero-order chi connectivity index (χ0) is 11.3. The van der Waals surface area contributed by atoms with E-state index >= 15 is 0 Å². The molecule has 1 heterocycles. The highest BCUT2D eigenvalue weighted by atomic mass is 28.3. The molecule has 6 heteroatoms. The van der Waals surface area contributed by atoms with Gasteiger partial charge in [0.05, 0.1) is 18.5 Å². The van der Waals surface area contributed by atoms with Crippen LogP contribution < -0.4 is 0 Å². The maximum atomic E-state index is 8.94. The minimum Gasteiger partial charge on any atom is -0.390 e. The summed E-state index contributed by atoms with van der Waals surface area (Å²) in [6.45, 7) is 8.01. The third kappa shape index (κ3) is 4.54. The minimum atomic E-state index is -1.02. The van der Waals surface area contributed by atoms with Gasteiger partial charge in [-0.2, -0.15) is 0 Å². The van der Waals surface area contributed by atoms with Crippen LogP contribution in [-0.2, 0) is 18.1 Å². The van der Waals surface area contributed by atoms with E-state index in [-0.39, 0.29) is 6.61 Å². The molecule has 0 aromatic carbocycles. The second-order valence-corrected chi connectivity index (χ2v) is 10.4. The van der Waals surface area contributed by atoms with Crippen LogP contribution in [0.25, 0.3) is 0 Å². The van der Waals surface area contributed by atoms with Gasteiger partial charge in [0.1, 0.15) is 6.73 Å². The number of nitrogens with zero attached hydrogens (tertiary/aromatic N) is 3. The van der Waals surface area contributed by atoms with Crippen molar-refractivity contribution >= 4 is 8.07 Å². The van der Waals surface area contributed by atoms with E-state index in [1.54, 1.807) is 10.9 Å². The molecule has 0 aliphatic heterocycles. The number of hydrogen-bond acceptors (Lipinski definition) is 4. The van der Waals surface area contributed by atoms with Crippen LogP contribution in [0.2, 0.25) is 25.7 Å². The van der Waals surface area contributed by atoms with Crippen molar-refractivity contribution in [1.29, 1.82) is 0 Å². The SMILES string of the molecule is C[Si](C)(C)CCOCn1nncc1CO. The van der Waals surface area contributed by atoms with Crippen LogP contribution in [0.5, 0.6) is 0 Å². The third-order valence-corrected chi connectivity index (χ3v) is 3.77. The lowest BCUT2D eigenvalue weighted by Gasteiger charge is -2.15. The first kappa shape index (κ1) is 12.3. The average Bonchev–Trinajstić information content (AvgIpc) is 2.58. The van der Waals surface area contributed by atoms with Crippen LogP contribution in [0.4, 0.5) is 0 Å². The van der Waals surface area contributed by atoms with Crippen LogP contribution in [0, 0.1) is 0 Å². The van der Waals surface area contributed by atoms with Crippen LogP contribution in [0.3, 0.4) is 0 Å². The topological polar surface area (TPSA) is 60.2 Å². The van der Waals surface area contributed by atoms with Gasteiger partial charge in [0, 0.05) is 14.7 Å². The molecule has 1 aromatic heterocycles. The monoisotopic (exact) mass is 229 g/mol. The van der Waals surface area contributed by atoms with Gasteiger partial charge in [0.2, 0.25) is 0 Å². The fourth-order valence-corrected chi connectivity index (χ4v) is 1.80. The molecule has 0 radical (unpaired) electrons. The lowest BCUT2D eigenvalue weighted by atomic mass is 10.5. The third-order valence-electron chi connectivity index (χ3n) is 2.07. The summed E-state index contributed by atoms with van der Waals surface area (Å²) in [5.41, 5.74) is 0.683. The molecule has 0 aliphatic rings. The lowest BCUT2D eigenvalue weighted by molar-refractivity contribution is 0.0719. The summed E-state index contributed by atoms with van der Waals surface area (Å²) in [5.74, 6) is 0. The second kappa shape index (κ2) is 5.39. The Bertz CT molecular complexity index is 296. The highest BCUT2D eigenvalue weighted by molar-refractivity contribution is 6.76. The molecule has 1 N–H and O–H groups in total. The predicted molar refractivity (Wildman–Crippen MR) is 60.0 cm³/mol. The molecule has 0 atom stereocenters. The van der Waals surface area contributed by atoms with E-state index in [1.807, 2.05) is 0 Å². The van der Waals surface area contributed by atoms with Gasteiger partial charge in [-0.1, -0.05) is 24.9 Å². The number of aliphatic hydroxyl groups excluding tert-OH is 1. The van der Waals surface area contributed by atoms with Crippen molar-refractivity contribution in [2.24, 2.45) is 0 Å². The summed E-state index contributed by atoms with van der Waals surface area (Å²) >= 11 is 0. The molecule has 0 bridgehead atoms. The van der Waals surface area contributed by atoms with Crippen LogP contribution in [0.15, 0.2) is 6.20 Å². The van der Waals surface area contributed by atoms with E-state index in [0.717, 1.165) is 12.7 Å². The molecule has 0 spiro atoms. The van der Waals surface area contributed by atoms with Crippen molar-refractivity contribution in [3.05, 3.63) is 11.9 Å².